The smallest absolute Gasteiger partial charge is 0.187 e. The SMILES string of the molecule is CNC(C)(C#N)CCCSc1nc(C)c(C)c(C)n1. The van der Waals surface area contributed by atoms with Crippen LogP contribution in [0.5, 0.6) is 0 Å². The van der Waals surface area contributed by atoms with Crippen LogP contribution in [0.4, 0.5) is 0 Å². The summed E-state index contributed by atoms with van der Waals surface area (Å²) in [5, 5.41) is 12.9. The van der Waals surface area contributed by atoms with Crippen molar-refractivity contribution in [2.75, 3.05) is 12.8 Å². The maximum absolute atomic E-state index is 9.06. The van der Waals surface area contributed by atoms with Gasteiger partial charge in [0.1, 0.15) is 5.54 Å². The number of thioether (sulfide) groups is 1. The van der Waals surface area contributed by atoms with Crippen LogP contribution >= 0.6 is 11.8 Å². The molecule has 1 rings (SSSR count). The van der Waals surface area contributed by atoms with Gasteiger partial charge in [0.05, 0.1) is 6.07 Å². The van der Waals surface area contributed by atoms with E-state index < -0.39 is 5.54 Å². The van der Waals surface area contributed by atoms with Crippen molar-refractivity contribution in [3.63, 3.8) is 0 Å². The van der Waals surface area contributed by atoms with Gasteiger partial charge in [0.25, 0.3) is 0 Å². The molecule has 104 valence electrons. The molecule has 1 aromatic rings. The first kappa shape index (κ1) is 15.9. The molecule has 1 aromatic heterocycles. The molecule has 0 aliphatic heterocycles. The first-order valence-electron chi connectivity index (χ1n) is 6.46. The van der Waals surface area contributed by atoms with Crippen molar-refractivity contribution in [2.24, 2.45) is 0 Å². The van der Waals surface area contributed by atoms with Gasteiger partial charge < -0.3 is 5.32 Å². The third kappa shape index (κ3) is 4.48. The Morgan fingerprint density at radius 3 is 2.32 bits per heavy atom. The van der Waals surface area contributed by atoms with E-state index in [9.17, 15) is 0 Å². The number of nitrogens with one attached hydrogen (secondary N) is 1. The highest BCUT2D eigenvalue weighted by atomic mass is 32.2. The van der Waals surface area contributed by atoms with E-state index >= 15 is 0 Å². The van der Waals surface area contributed by atoms with Gasteiger partial charge in [-0.15, -0.1) is 0 Å². The van der Waals surface area contributed by atoms with Gasteiger partial charge in [-0.1, -0.05) is 11.8 Å². The predicted molar refractivity (Wildman–Crippen MR) is 79.3 cm³/mol. The first-order chi connectivity index (χ1) is 8.91. The average Bonchev–Trinajstić information content (AvgIpc) is 2.40. The van der Waals surface area contributed by atoms with Crippen LogP contribution in [0.25, 0.3) is 0 Å². The van der Waals surface area contributed by atoms with Crippen LogP contribution in [0.2, 0.25) is 0 Å². The molecule has 0 aliphatic carbocycles. The van der Waals surface area contributed by atoms with Gasteiger partial charge in [0.15, 0.2) is 5.16 Å². The van der Waals surface area contributed by atoms with Crippen LogP contribution in [0.1, 0.15) is 36.7 Å². The number of rotatable bonds is 6. The molecule has 5 heteroatoms. The molecule has 4 nitrogen and oxygen atoms in total. The van der Waals surface area contributed by atoms with Gasteiger partial charge in [0.2, 0.25) is 0 Å². The monoisotopic (exact) mass is 278 g/mol. The molecule has 0 saturated heterocycles. The molecule has 0 amide bonds. The molecule has 0 spiro atoms. The molecule has 1 unspecified atom stereocenters. The molecule has 0 radical (unpaired) electrons. The lowest BCUT2D eigenvalue weighted by atomic mass is 9.99. The lowest BCUT2D eigenvalue weighted by Crippen LogP contribution is -2.37. The maximum Gasteiger partial charge on any atom is 0.187 e. The standard InChI is InChI=1S/C14H22N4S/c1-10-11(2)17-13(18-12(10)3)19-8-6-7-14(4,9-15)16-5/h16H,6-8H2,1-5H3. The van der Waals surface area contributed by atoms with E-state index in [4.69, 9.17) is 5.26 Å². The van der Waals surface area contributed by atoms with E-state index in [1.54, 1.807) is 11.8 Å². The largest absolute Gasteiger partial charge is 0.303 e. The highest BCUT2D eigenvalue weighted by Gasteiger charge is 2.20. The number of aromatic nitrogens is 2. The van der Waals surface area contributed by atoms with Crippen molar-refractivity contribution in [2.45, 2.75) is 51.2 Å². The maximum atomic E-state index is 9.06. The van der Waals surface area contributed by atoms with Crippen LogP contribution in [0.3, 0.4) is 0 Å². The molecule has 19 heavy (non-hydrogen) atoms. The van der Waals surface area contributed by atoms with E-state index in [0.717, 1.165) is 40.7 Å². The van der Waals surface area contributed by atoms with E-state index in [0.29, 0.717) is 0 Å². The summed E-state index contributed by atoms with van der Waals surface area (Å²) >= 11 is 1.66. The number of hydrogen-bond acceptors (Lipinski definition) is 5. The molecule has 1 N–H and O–H groups in total. The Kier molecular flexibility index (Phi) is 5.77. The van der Waals surface area contributed by atoms with Gasteiger partial charge in [-0.05, 0) is 53.1 Å². The van der Waals surface area contributed by atoms with Crippen molar-refractivity contribution >= 4 is 11.8 Å². The number of nitriles is 1. The van der Waals surface area contributed by atoms with Gasteiger partial charge in [-0.3, -0.25) is 0 Å². The normalized spacial score (nSPS) is 13.9. The summed E-state index contributed by atoms with van der Waals surface area (Å²) in [4.78, 5) is 8.96. The van der Waals surface area contributed by atoms with Crippen LogP contribution in [-0.4, -0.2) is 28.3 Å². The van der Waals surface area contributed by atoms with Crippen LogP contribution in [-0.2, 0) is 0 Å². The third-order valence-corrected chi connectivity index (χ3v) is 4.40. The number of aryl methyl sites for hydroxylation is 2. The topological polar surface area (TPSA) is 61.6 Å². The van der Waals surface area contributed by atoms with E-state index in [1.807, 2.05) is 34.7 Å². The molecule has 1 heterocycles. The second kappa shape index (κ2) is 6.88. The van der Waals surface area contributed by atoms with Gasteiger partial charge in [0, 0.05) is 17.1 Å². The fourth-order valence-electron chi connectivity index (χ4n) is 1.63. The van der Waals surface area contributed by atoms with Gasteiger partial charge in [-0.2, -0.15) is 5.26 Å². The summed E-state index contributed by atoms with van der Waals surface area (Å²) < 4.78 is 0. The Morgan fingerprint density at radius 2 is 1.84 bits per heavy atom. The highest BCUT2D eigenvalue weighted by Crippen LogP contribution is 2.20. The second-order valence-corrected chi connectivity index (χ2v) is 6.01. The molecular weight excluding hydrogens is 256 g/mol. The summed E-state index contributed by atoms with van der Waals surface area (Å²) in [6.45, 7) is 8.00. The van der Waals surface area contributed by atoms with Gasteiger partial charge >= 0.3 is 0 Å². The molecule has 0 aromatic carbocycles. The Bertz CT molecular complexity index is 458. The Morgan fingerprint density at radius 1 is 1.26 bits per heavy atom. The summed E-state index contributed by atoms with van der Waals surface area (Å²) in [5.41, 5.74) is 2.83. The summed E-state index contributed by atoms with van der Waals surface area (Å²) in [5.74, 6) is 0.931. The highest BCUT2D eigenvalue weighted by molar-refractivity contribution is 7.99. The van der Waals surface area contributed by atoms with E-state index in [-0.39, 0.29) is 0 Å². The van der Waals surface area contributed by atoms with Crippen molar-refractivity contribution in [1.29, 1.82) is 5.26 Å². The van der Waals surface area contributed by atoms with Crippen molar-refractivity contribution in [1.82, 2.24) is 15.3 Å². The fourth-order valence-corrected chi connectivity index (χ4v) is 2.51. The zero-order valence-electron chi connectivity index (χ0n) is 12.4. The first-order valence-corrected chi connectivity index (χ1v) is 7.45. The molecule has 1 atom stereocenters. The van der Waals surface area contributed by atoms with Crippen molar-refractivity contribution < 1.29 is 0 Å². The Hall–Kier alpha value is -1.12. The molecule has 0 saturated carbocycles. The molecule has 0 bridgehead atoms. The van der Waals surface area contributed by atoms with Crippen LogP contribution in [0, 0.1) is 32.1 Å². The zero-order chi connectivity index (χ0) is 14.5. The molecular formula is C14H22N4S. The van der Waals surface area contributed by atoms with Crippen LogP contribution < -0.4 is 5.32 Å². The summed E-state index contributed by atoms with van der Waals surface area (Å²) in [6, 6.07) is 2.30. The number of nitrogens with zero attached hydrogens (tertiary/aromatic N) is 3. The molecule has 0 fully saturated rings. The molecule has 0 aliphatic rings. The Labute approximate surface area is 120 Å². The lowest BCUT2D eigenvalue weighted by molar-refractivity contribution is 0.451. The number of hydrogen-bond donors (Lipinski definition) is 1. The minimum Gasteiger partial charge on any atom is -0.303 e. The van der Waals surface area contributed by atoms with Crippen molar-refractivity contribution in [3.8, 4) is 6.07 Å². The Balaban J connectivity index is 2.49. The second-order valence-electron chi connectivity index (χ2n) is 4.95. The minimum absolute atomic E-state index is 0.430. The fraction of sp³-hybridized carbons (Fsp3) is 0.643. The predicted octanol–water partition coefficient (Wildman–Crippen LogP) is 2.78. The zero-order valence-corrected chi connectivity index (χ0v) is 13.2. The third-order valence-electron chi connectivity index (χ3n) is 3.46. The van der Waals surface area contributed by atoms with E-state index in [1.165, 1.54) is 0 Å². The average molecular weight is 278 g/mol. The van der Waals surface area contributed by atoms with Gasteiger partial charge in [-0.25, -0.2) is 9.97 Å². The summed E-state index contributed by atoms with van der Waals surface area (Å²) in [6.07, 6.45) is 1.79. The quantitative estimate of drug-likeness (QED) is 0.492. The van der Waals surface area contributed by atoms with Crippen LogP contribution in [0.15, 0.2) is 5.16 Å². The van der Waals surface area contributed by atoms with E-state index in [2.05, 4.69) is 21.4 Å². The lowest BCUT2D eigenvalue weighted by Gasteiger charge is -2.20. The summed E-state index contributed by atoms with van der Waals surface area (Å²) in [7, 11) is 1.83. The minimum atomic E-state index is -0.430. The van der Waals surface area contributed by atoms with Crippen molar-refractivity contribution in [3.05, 3.63) is 17.0 Å².